The second kappa shape index (κ2) is 6.14. The minimum absolute atomic E-state index is 0.118. The zero-order valence-electron chi connectivity index (χ0n) is 12.5. The van der Waals surface area contributed by atoms with Gasteiger partial charge in [-0.1, -0.05) is 54.6 Å². The second-order valence-electron chi connectivity index (χ2n) is 5.60. The van der Waals surface area contributed by atoms with E-state index in [0.29, 0.717) is 12.0 Å². The van der Waals surface area contributed by atoms with E-state index in [1.807, 2.05) is 55.5 Å². The van der Waals surface area contributed by atoms with Gasteiger partial charge in [-0.05, 0) is 30.9 Å². The number of hydrogen-bond donors (Lipinski definition) is 0. The molecule has 0 heterocycles. The molecule has 0 bridgehead atoms. The van der Waals surface area contributed by atoms with E-state index in [-0.39, 0.29) is 11.9 Å². The van der Waals surface area contributed by atoms with Crippen molar-refractivity contribution in [1.82, 2.24) is 0 Å². The summed E-state index contributed by atoms with van der Waals surface area (Å²) in [5, 5.41) is 0. The second-order valence-corrected chi connectivity index (χ2v) is 5.60. The van der Waals surface area contributed by atoms with Gasteiger partial charge in [0.05, 0.1) is 0 Å². The molecule has 1 unspecified atom stereocenters. The van der Waals surface area contributed by atoms with Crippen molar-refractivity contribution in [3.8, 4) is 0 Å². The van der Waals surface area contributed by atoms with E-state index in [4.69, 9.17) is 4.74 Å². The third-order valence-electron chi connectivity index (χ3n) is 4.15. The lowest BCUT2D eigenvalue weighted by molar-refractivity contribution is -0.152. The molecule has 0 spiro atoms. The lowest BCUT2D eigenvalue weighted by Gasteiger charge is -2.23. The Kier molecular flexibility index (Phi) is 4.05. The number of hydrogen-bond acceptors (Lipinski definition) is 3. The average Bonchev–Trinajstić information content (AvgIpc) is 2.56. The minimum atomic E-state index is -0.680. The van der Waals surface area contributed by atoms with Crippen LogP contribution in [0.3, 0.4) is 0 Å². The summed E-state index contributed by atoms with van der Waals surface area (Å²) in [5.74, 6) is -1.22. The van der Waals surface area contributed by atoms with Crippen molar-refractivity contribution < 1.29 is 14.3 Å². The Morgan fingerprint density at radius 1 is 1.09 bits per heavy atom. The fraction of sp³-hybridized carbons (Fsp3) is 0.263. The van der Waals surface area contributed by atoms with E-state index >= 15 is 0 Å². The molecule has 2 aromatic carbocycles. The average molecular weight is 294 g/mol. The highest BCUT2D eigenvalue weighted by Crippen LogP contribution is 2.28. The minimum Gasteiger partial charge on any atom is -0.457 e. The largest absolute Gasteiger partial charge is 0.457 e. The van der Waals surface area contributed by atoms with Crippen molar-refractivity contribution in [2.24, 2.45) is 5.92 Å². The summed E-state index contributed by atoms with van der Waals surface area (Å²) in [6, 6.07) is 17.0. The van der Waals surface area contributed by atoms with Gasteiger partial charge in [-0.3, -0.25) is 9.59 Å². The first-order valence-corrected chi connectivity index (χ1v) is 7.54. The van der Waals surface area contributed by atoms with Crippen LogP contribution in [0.25, 0.3) is 0 Å². The van der Waals surface area contributed by atoms with Gasteiger partial charge in [0.2, 0.25) is 0 Å². The number of fused-ring (bicyclic) bond motifs is 1. The van der Waals surface area contributed by atoms with Gasteiger partial charge in [0.1, 0.15) is 12.0 Å². The number of carbonyl (C=O) groups is 2. The van der Waals surface area contributed by atoms with Gasteiger partial charge in [-0.15, -0.1) is 0 Å². The molecule has 1 aliphatic carbocycles. The van der Waals surface area contributed by atoms with Crippen molar-refractivity contribution in [1.29, 1.82) is 0 Å². The fourth-order valence-corrected chi connectivity index (χ4v) is 2.87. The molecule has 1 aliphatic rings. The molecule has 0 N–H and O–H groups in total. The molecule has 0 saturated heterocycles. The van der Waals surface area contributed by atoms with E-state index in [1.165, 1.54) is 0 Å². The summed E-state index contributed by atoms with van der Waals surface area (Å²) in [4.78, 5) is 24.8. The number of ketones is 1. The molecule has 2 aromatic rings. The number of aryl methyl sites for hydroxylation is 1. The van der Waals surface area contributed by atoms with E-state index in [9.17, 15) is 9.59 Å². The number of ether oxygens (including phenoxy) is 1. The molecule has 0 amide bonds. The normalized spacial score (nSPS) is 18.4. The number of rotatable bonds is 3. The SMILES string of the molecule is C[C@H](OC(=O)C1CCc2ccccc2C1=O)c1ccccc1. The van der Waals surface area contributed by atoms with Crippen LogP contribution in [0.15, 0.2) is 54.6 Å². The lowest BCUT2D eigenvalue weighted by Crippen LogP contribution is -2.31. The number of carbonyl (C=O) groups excluding carboxylic acids is 2. The molecule has 0 aliphatic heterocycles. The summed E-state index contributed by atoms with van der Waals surface area (Å²) >= 11 is 0. The van der Waals surface area contributed by atoms with E-state index in [2.05, 4.69) is 0 Å². The van der Waals surface area contributed by atoms with Crippen LogP contribution in [-0.2, 0) is 16.0 Å². The molecule has 3 rings (SSSR count). The zero-order chi connectivity index (χ0) is 15.5. The lowest BCUT2D eigenvalue weighted by atomic mass is 9.83. The highest BCUT2D eigenvalue weighted by Gasteiger charge is 2.34. The standard InChI is InChI=1S/C19H18O3/c1-13(14-7-3-2-4-8-14)22-19(21)17-12-11-15-9-5-6-10-16(15)18(17)20/h2-10,13,17H,11-12H2,1H3/t13-,17?/m0/s1. The molecule has 0 aromatic heterocycles. The number of benzene rings is 2. The van der Waals surface area contributed by atoms with Crippen LogP contribution in [-0.4, -0.2) is 11.8 Å². The molecule has 3 nitrogen and oxygen atoms in total. The van der Waals surface area contributed by atoms with Crippen LogP contribution >= 0.6 is 0 Å². The van der Waals surface area contributed by atoms with Gasteiger partial charge in [-0.25, -0.2) is 0 Å². The maximum atomic E-state index is 12.5. The first-order chi connectivity index (χ1) is 10.7. The third-order valence-corrected chi connectivity index (χ3v) is 4.15. The smallest absolute Gasteiger partial charge is 0.317 e. The third kappa shape index (κ3) is 2.80. The van der Waals surface area contributed by atoms with Gasteiger partial charge in [0, 0.05) is 5.56 Å². The predicted molar refractivity (Wildman–Crippen MR) is 83.5 cm³/mol. The van der Waals surface area contributed by atoms with Crippen molar-refractivity contribution in [2.75, 3.05) is 0 Å². The highest BCUT2D eigenvalue weighted by atomic mass is 16.5. The summed E-state index contributed by atoms with van der Waals surface area (Å²) in [7, 11) is 0. The molecular formula is C19H18O3. The topological polar surface area (TPSA) is 43.4 Å². The molecule has 0 fully saturated rings. The Morgan fingerprint density at radius 2 is 1.77 bits per heavy atom. The molecule has 0 saturated carbocycles. The van der Waals surface area contributed by atoms with Gasteiger partial charge in [0.15, 0.2) is 5.78 Å². The Bertz CT molecular complexity index is 691. The Morgan fingerprint density at radius 3 is 2.55 bits per heavy atom. The highest BCUT2D eigenvalue weighted by molar-refractivity contribution is 6.10. The van der Waals surface area contributed by atoms with E-state index in [0.717, 1.165) is 17.5 Å². The van der Waals surface area contributed by atoms with Gasteiger partial charge < -0.3 is 4.74 Å². The number of Topliss-reactive ketones (excluding diaryl/α,β-unsaturated/α-hetero) is 1. The maximum absolute atomic E-state index is 12.5. The van der Waals surface area contributed by atoms with Crippen LogP contribution in [0.2, 0.25) is 0 Å². The summed E-state index contributed by atoms with van der Waals surface area (Å²) in [5.41, 5.74) is 2.61. The van der Waals surface area contributed by atoms with Crippen LogP contribution in [0.4, 0.5) is 0 Å². The predicted octanol–water partition coefficient (Wildman–Crippen LogP) is 3.74. The zero-order valence-corrected chi connectivity index (χ0v) is 12.5. The first-order valence-electron chi connectivity index (χ1n) is 7.54. The van der Waals surface area contributed by atoms with Gasteiger partial charge in [0.25, 0.3) is 0 Å². The summed E-state index contributed by atoms with van der Waals surface area (Å²) < 4.78 is 5.50. The molecule has 3 heteroatoms. The number of esters is 1. The van der Waals surface area contributed by atoms with Crippen molar-refractivity contribution in [3.05, 3.63) is 71.3 Å². The van der Waals surface area contributed by atoms with Crippen molar-refractivity contribution in [3.63, 3.8) is 0 Å². The molecule has 22 heavy (non-hydrogen) atoms. The van der Waals surface area contributed by atoms with E-state index in [1.54, 1.807) is 6.07 Å². The summed E-state index contributed by atoms with van der Waals surface area (Å²) in [6.45, 7) is 1.83. The fourth-order valence-electron chi connectivity index (χ4n) is 2.87. The molecular weight excluding hydrogens is 276 g/mol. The van der Waals surface area contributed by atoms with Crippen molar-refractivity contribution >= 4 is 11.8 Å². The molecule has 112 valence electrons. The van der Waals surface area contributed by atoms with Crippen LogP contribution in [0, 0.1) is 5.92 Å². The van der Waals surface area contributed by atoms with E-state index < -0.39 is 11.9 Å². The quantitative estimate of drug-likeness (QED) is 0.640. The Hall–Kier alpha value is -2.42. The maximum Gasteiger partial charge on any atom is 0.317 e. The summed E-state index contributed by atoms with van der Waals surface area (Å²) in [6.07, 6.45) is 0.913. The monoisotopic (exact) mass is 294 g/mol. The van der Waals surface area contributed by atoms with Crippen LogP contribution in [0.1, 0.15) is 40.9 Å². The molecule has 2 atom stereocenters. The molecule has 0 radical (unpaired) electrons. The van der Waals surface area contributed by atoms with Crippen LogP contribution < -0.4 is 0 Å². The van der Waals surface area contributed by atoms with Crippen molar-refractivity contribution in [2.45, 2.75) is 25.9 Å². The van der Waals surface area contributed by atoms with Gasteiger partial charge >= 0.3 is 5.97 Å². The Balaban J connectivity index is 1.73. The van der Waals surface area contributed by atoms with Crippen LogP contribution in [0.5, 0.6) is 0 Å². The first kappa shape index (κ1) is 14.5. The van der Waals surface area contributed by atoms with Gasteiger partial charge in [-0.2, -0.15) is 0 Å². The Labute approximate surface area is 129 Å².